The number of carbonyl (C=O) groups excluding carboxylic acids is 2. The molecule has 0 unspecified atom stereocenters. The van der Waals surface area contributed by atoms with E-state index in [1.165, 1.54) is 17.4 Å². The monoisotopic (exact) mass is 408 g/mol. The van der Waals surface area contributed by atoms with Crippen LogP contribution in [0.3, 0.4) is 0 Å². The lowest BCUT2D eigenvalue weighted by Crippen LogP contribution is -2.13. The van der Waals surface area contributed by atoms with Crippen molar-refractivity contribution in [3.8, 4) is 17.0 Å². The molecular weight excluding hydrogens is 394 g/mol. The molecule has 0 bridgehead atoms. The van der Waals surface area contributed by atoms with E-state index in [1.807, 2.05) is 0 Å². The van der Waals surface area contributed by atoms with Gasteiger partial charge in [0.15, 0.2) is 10.9 Å². The molecule has 0 aliphatic heterocycles. The number of hydrogen-bond acceptors (Lipinski definition) is 6. The SMILES string of the molecule is O=C(CCC(=O)c1cccs1)Nc1nc(-c2ccccc2OC(F)F)cs1. The average molecular weight is 408 g/mol. The first kappa shape index (κ1) is 19.1. The van der Waals surface area contributed by atoms with E-state index in [0.29, 0.717) is 21.3 Å². The first-order chi connectivity index (χ1) is 13.0. The molecule has 1 aromatic carbocycles. The van der Waals surface area contributed by atoms with E-state index in [9.17, 15) is 18.4 Å². The number of thiophene rings is 1. The topological polar surface area (TPSA) is 68.3 Å². The molecule has 27 heavy (non-hydrogen) atoms. The number of carbonyl (C=O) groups is 2. The lowest BCUT2D eigenvalue weighted by atomic mass is 10.1. The number of rotatable bonds is 8. The van der Waals surface area contributed by atoms with Gasteiger partial charge in [0.1, 0.15) is 5.75 Å². The summed E-state index contributed by atoms with van der Waals surface area (Å²) in [5, 5.41) is 6.39. The van der Waals surface area contributed by atoms with E-state index >= 15 is 0 Å². The summed E-state index contributed by atoms with van der Waals surface area (Å²) in [6, 6.07) is 9.80. The van der Waals surface area contributed by atoms with Crippen molar-refractivity contribution in [2.75, 3.05) is 5.32 Å². The minimum absolute atomic E-state index is 0.0113. The van der Waals surface area contributed by atoms with Crippen LogP contribution in [0.25, 0.3) is 11.3 Å². The average Bonchev–Trinajstić information content (AvgIpc) is 3.31. The van der Waals surface area contributed by atoms with Gasteiger partial charge in [-0.25, -0.2) is 4.98 Å². The second-order valence-electron chi connectivity index (χ2n) is 5.36. The van der Waals surface area contributed by atoms with Crippen LogP contribution in [0.1, 0.15) is 22.5 Å². The Hall–Kier alpha value is -2.65. The fourth-order valence-corrected chi connectivity index (χ4v) is 3.72. The molecule has 1 amide bonds. The van der Waals surface area contributed by atoms with Crippen molar-refractivity contribution in [3.63, 3.8) is 0 Å². The summed E-state index contributed by atoms with van der Waals surface area (Å²) in [7, 11) is 0. The number of para-hydroxylation sites is 1. The largest absolute Gasteiger partial charge is 0.434 e. The molecule has 1 N–H and O–H groups in total. The van der Waals surface area contributed by atoms with E-state index in [1.54, 1.807) is 41.1 Å². The van der Waals surface area contributed by atoms with Crippen molar-refractivity contribution < 1.29 is 23.1 Å². The maximum Gasteiger partial charge on any atom is 0.387 e. The Labute approximate surface area is 161 Å². The number of aromatic nitrogens is 1. The summed E-state index contributed by atoms with van der Waals surface area (Å²) >= 11 is 2.50. The Morgan fingerprint density at radius 1 is 1.11 bits per heavy atom. The van der Waals surface area contributed by atoms with Crippen LogP contribution in [0.15, 0.2) is 47.2 Å². The number of ether oxygens (including phenoxy) is 1. The molecule has 2 heterocycles. The molecule has 0 atom stereocenters. The molecule has 0 aliphatic carbocycles. The highest BCUT2D eigenvalue weighted by atomic mass is 32.1. The quantitative estimate of drug-likeness (QED) is 0.528. The van der Waals surface area contributed by atoms with E-state index in [-0.39, 0.29) is 30.3 Å². The van der Waals surface area contributed by atoms with Crippen LogP contribution in [0.2, 0.25) is 0 Å². The van der Waals surface area contributed by atoms with Crippen molar-refractivity contribution >= 4 is 39.5 Å². The van der Waals surface area contributed by atoms with Crippen molar-refractivity contribution in [1.29, 1.82) is 0 Å². The van der Waals surface area contributed by atoms with Gasteiger partial charge in [-0.1, -0.05) is 18.2 Å². The molecule has 3 aromatic rings. The molecular formula is C18H14F2N2O3S2. The summed E-state index contributed by atoms with van der Waals surface area (Å²) in [6.45, 7) is -2.94. The first-order valence-electron chi connectivity index (χ1n) is 7.89. The number of halogens is 2. The van der Waals surface area contributed by atoms with Gasteiger partial charge in [-0.05, 0) is 23.6 Å². The highest BCUT2D eigenvalue weighted by Crippen LogP contribution is 2.33. The molecule has 0 saturated carbocycles. The maximum atomic E-state index is 12.5. The minimum Gasteiger partial charge on any atom is -0.434 e. The van der Waals surface area contributed by atoms with Gasteiger partial charge in [0.05, 0.1) is 10.6 Å². The summed E-state index contributed by atoms with van der Waals surface area (Å²) in [6.07, 6.45) is 0.145. The molecule has 5 nitrogen and oxygen atoms in total. The van der Waals surface area contributed by atoms with Gasteiger partial charge in [0, 0.05) is 23.8 Å². The molecule has 3 rings (SSSR count). The zero-order chi connectivity index (χ0) is 19.2. The lowest BCUT2D eigenvalue weighted by Gasteiger charge is -2.08. The zero-order valence-electron chi connectivity index (χ0n) is 13.9. The van der Waals surface area contributed by atoms with Gasteiger partial charge in [-0.15, -0.1) is 22.7 Å². The van der Waals surface area contributed by atoms with E-state index < -0.39 is 6.61 Å². The predicted octanol–water partition coefficient (Wildman–Crippen LogP) is 5.07. The highest BCUT2D eigenvalue weighted by Gasteiger charge is 2.15. The van der Waals surface area contributed by atoms with Crippen molar-refractivity contribution in [2.45, 2.75) is 19.5 Å². The van der Waals surface area contributed by atoms with Gasteiger partial charge in [-0.3, -0.25) is 9.59 Å². The third-order valence-electron chi connectivity index (χ3n) is 3.50. The fourth-order valence-electron chi connectivity index (χ4n) is 2.30. The number of Topliss-reactive ketones (excluding diaryl/α,β-unsaturated/α-hetero) is 1. The standard InChI is InChI=1S/C18H14F2N2O3S2/c19-17(20)25-14-5-2-1-4-11(14)12-10-27-18(21-12)22-16(24)8-7-13(23)15-6-3-9-26-15/h1-6,9-10,17H,7-8H2,(H,21,22,24). The third-order valence-corrected chi connectivity index (χ3v) is 5.17. The van der Waals surface area contributed by atoms with Gasteiger partial charge in [0.25, 0.3) is 0 Å². The molecule has 0 saturated heterocycles. The second kappa shape index (κ2) is 8.83. The molecule has 2 aromatic heterocycles. The molecule has 0 radical (unpaired) electrons. The molecule has 0 spiro atoms. The fraction of sp³-hybridized carbons (Fsp3) is 0.167. The molecule has 0 aliphatic rings. The van der Waals surface area contributed by atoms with Crippen molar-refractivity contribution in [1.82, 2.24) is 4.98 Å². The number of thiazole rings is 1. The Morgan fingerprint density at radius 3 is 2.67 bits per heavy atom. The van der Waals surface area contributed by atoms with Crippen LogP contribution >= 0.6 is 22.7 Å². The number of alkyl halides is 2. The number of nitrogens with one attached hydrogen (secondary N) is 1. The van der Waals surface area contributed by atoms with Gasteiger partial charge in [0.2, 0.25) is 5.91 Å². The Kier molecular flexibility index (Phi) is 6.25. The Morgan fingerprint density at radius 2 is 1.93 bits per heavy atom. The van der Waals surface area contributed by atoms with Gasteiger partial charge in [-0.2, -0.15) is 8.78 Å². The number of ketones is 1. The van der Waals surface area contributed by atoms with E-state index in [4.69, 9.17) is 0 Å². The predicted molar refractivity (Wildman–Crippen MR) is 101 cm³/mol. The van der Waals surface area contributed by atoms with Gasteiger partial charge < -0.3 is 10.1 Å². The van der Waals surface area contributed by atoms with Crippen LogP contribution in [-0.4, -0.2) is 23.3 Å². The van der Waals surface area contributed by atoms with Gasteiger partial charge >= 0.3 is 6.61 Å². The summed E-state index contributed by atoms with van der Waals surface area (Å²) in [5.74, 6) is -0.409. The molecule has 140 valence electrons. The molecule has 0 fully saturated rings. The number of anilines is 1. The number of hydrogen-bond donors (Lipinski definition) is 1. The van der Waals surface area contributed by atoms with Crippen LogP contribution in [0.5, 0.6) is 5.75 Å². The lowest BCUT2D eigenvalue weighted by molar-refractivity contribution is -0.116. The summed E-state index contributed by atoms with van der Waals surface area (Å²) in [4.78, 5) is 28.8. The Balaban J connectivity index is 1.61. The number of amides is 1. The maximum absolute atomic E-state index is 12.5. The van der Waals surface area contributed by atoms with Crippen molar-refractivity contribution in [3.05, 3.63) is 52.0 Å². The second-order valence-corrected chi connectivity index (χ2v) is 7.17. The zero-order valence-corrected chi connectivity index (χ0v) is 15.5. The van der Waals surface area contributed by atoms with E-state index in [0.717, 1.165) is 11.3 Å². The van der Waals surface area contributed by atoms with Crippen LogP contribution in [0, 0.1) is 0 Å². The normalized spacial score (nSPS) is 10.8. The highest BCUT2D eigenvalue weighted by molar-refractivity contribution is 7.14. The van der Waals surface area contributed by atoms with Crippen LogP contribution in [-0.2, 0) is 4.79 Å². The van der Waals surface area contributed by atoms with Crippen molar-refractivity contribution in [2.24, 2.45) is 0 Å². The first-order valence-corrected chi connectivity index (χ1v) is 9.65. The Bertz CT molecular complexity index is 926. The van der Waals surface area contributed by atoms with Crippen LogP contribution in [0.4, 0.5) is 13.9 Å². The van der Waals surface area contributed by atoms with E-state index in [2.05, 4.69) is 15.0 Å². The summed E-state index contributed by atoms with van der Waals surface area (Å²) in [5.41, 5.74) is 0.823. The minimum atomic E-state index is -2.94. The number of benzene rings is 1. The molecule has 9 heteroatoms. The van der Waals surface area contributed by atoms with Crippen LogP contribution < -0.4 is 10.1 Å². The smallest absolute Gasteiger partial charge is 0.387 e. The summed E-state index contributed by atoms with van der Waals surface area (Å²) < 4.78 is 29.5. The number of nitrogens with zero attached hydrogens (tertiary/aromatic N) is 1. The third kappa shape index (κ3) is 5.18.